The molecular weight excluding hydrogens is 256 g/mol. The zero-order valence-corrected chi connectivity index (χ0v) is 12.5. The Kier molecular flexibility index (Phi) is 4.94. The molecule has 0 atom stereocenters. The SMILES string of the molecule is CCn1cnnc1CNC(=O)N1CCN(C(C)C)CC1. The van der Waals surface area contributed by atoms with Crippen molar-refractivity contribution in [2.24, 2.45) is 0 Å². The van der Waals surface area contributed by atoms with Gasteiger partial charge in [0.2, 0.25) is 0 Å². The van der Waals surface area contributed by atoms with Crippen molar-refractivity contribution in [3.63, 3.8) is 0 Å². The van der Waals surface area contributed by atoms with E-state index in [2.05, 4.69) is 34.3 Å². The highest BCUT2D eigenvalue weighted by Gasteiger charge is 2.22. The normalized spacial score (nSPS) is 16.7. The van der Waals surface area contributed by atoms with Crippen molar-refractivity contribution >= 4 is 6.03 Å². The lowest BCUT2D eigenvalue weighted by Gasteiger charge is -2.36. The van der Waals surface area contributed by atoms with E-state index < -0.39 is 0 Å². The topological polar surface area (TPSA) is 66.3 Å². The Morgan fingerprint density at radius 3 is 2.65 bits per heavy atom. The zero-order valence-electron chi connectivity index (χ0n) is 12.5. The van der Waals surface area contributed by atoms with Gasteiger partial charge in [0, 0.05) is 38.8 Å². The fourth-order valence-electron chi connectivity index (χ4n) is 2.39. The van der Waals surface area contributed by atoms with Crippen LogP contribution in [0.2, 0.25) is 0 Å². The van der Waals surface area contributed by atoms with Crippen LogP contribution in [0, 0.1) is 0 Å². The van der Waals surface area contributed by atoms with Crippen LogP contribution in [0.3, 0.4) is 0 Å². The summed E-state index contributed by atoms with van der Waals surface area (Å²) in [6.45, 7) is 11.1. The van der Waals surface area contributed by atoms with Crippen molar-refractivity contribution < 1.29 is 4.79 Å². The van der Waals surface area contributed by atoms with Gasteiger partial charge in [-0.1, -0.05) is 0 Å². The lowest BCUT2D eigenvalue weighted by atomic mass is 10.2. The van der Waals surface area contributed by atoms with Crippen LogP contribution in [0.1, 0.15) is 26.6 Å². The van der Waals surface area contributed by atoms with Gasteiger partial charge in [0.15, 0.2) is 5.82 Å². The zero-order chi connectivity index (χ0) is 14.5. The van der Waals surface area contributed by atoms with Crippen LogP contribution in [0.5, 0.6) is 0 Å². The average Bonchev–Trinajstić information content (AvgIpc) is 2.92. The quantitative estimate of drug-likeness (QED) is 0.874. The van der Waals surface area contributed by atoms with Crippen LogP contribution in [-0.4, -0.2) is 62.8 Å². The lowest BCUT2D eigenvalue weighted by molar-refractivity contribution is 0.119. The van der Waals surface area contributed by atoms with Crippen LogP contribution < -0.4 is 5.32 Å². The molecule has 0 saturated carbocycles. The molecule has 0 bridgehead atoms. The number of piperazine rings is 1. The number of hydrogen-bond acceptors (Lipinski definition) is 4. The maximum atomic E-state index is 12.1. The van der Waals surface area contributed by atoms with Gasteiger partial charge in [0.1, 0.15) is 6.33 Å². The van der Waals surface area contributed by atoms with Crippen molar-refractivity contribution in [2.75, 3.05) is 26.2 Å². The molecule has 1 N–H and O–H groups in total. The summed E-state index contributed by atoms with van der Waals surface area (Å²) in [5, 5.41) is 10.8. The molecular formula is C13H24N6O. The molecule has 7 heteroatoms. The minimum Gasteiger partial charge on any atom is -0.331 e. The molecule has 0 aliphatic carbocycles. The summed E-state index contributed by atoms with van der Waals surface area (Å²) in [6, 6.07) is 0.530. The van der Waals surface area contributed by atoms with E-state index in [1.165, 1.54) is 0 Å². The van der Waals surface area contributed by atoms with Gasteiger partial charge in [0.05, 0.1) is 6.54 Å². The Morgan fingerprint density at radius 1 is 1.35 bits per heavy atom. The van der Waals surface area contributed by atoms with Gasteiger partial charge in [0.25, 0.3) is 0 Å². The van der Waals surface area contributed by atoms with Gasteiger partial charge in [-0.3, -0.25) is 4.90 Å². The van der Waals surface area contributed by atoms with Crippen LogP contribution in [0.25, 0.3) is 0 Å². The largest absolute Gasteiger partial charge is 0.331 e. The molecule has 1 aromatic rings. The number of amides is 2. The summed E-state index contributed by atoms with van der Waals surface area (Å²) in [6.07, 6.45) is 1.68. The number of aryl methyl sites for hydroxylation is 1. The smallest absolute Gasteiger partial charge is 0.317 e. The van der Waals surface area contributed by atoms with Crippen molar-refractivity contribution in [2.45, 2.75) is 39.9 Å². The van der Waals surface area contributed by atoms with Gasteiger partial charge in [-0.25, -0.2) is 4.79 Å². The molecule has 0 spiro atoms. The minimum atomic E-state index is -0.0148. The van der Waals surface area contributed by atoms with Crippen molar-refractivity contribution in [1.29, 1.82) is 0 Å². The summed E-state index contributed by atoms with van der Waals surface area (Å²) < 4.78 is 1.93. The molecule has 2 rings (SSSR count). The van der Waals surface area contributed by atoms with E-state index in [1.54, 1.807) is 6.33 Å². The fourth-order valence-corrected chi connectivity index (χ4v) is 2.39. The molecule has 20 heavy (non-hydrogen) atoms. The third-order valence-electron chi connectivity index (χ3n) is 3.77. The Labute approximate surface area is 119 Å². The molecule has 1 aromatic heterocycles. The lowest BCUT2D eigenvalue weighted by Crippen LogP contribution is -2.53. The maximum absolute atomic E-state index is 12.1. The third-order valence-corrected chi connectivity index (χ3v) is 3.77. The summed E-state index contributed by atoms with van der Waals surface area (Å²) in [5.41, 5.74) is 0. The number of carbonyl (C=O) groups is 1. The predicted octanol–water partition coefficient (Wildman–Crippen LogP) is 0.534. The number of nitrogens with zero attached hydrogens (tertiary/aromatic N) is 5. The second kappa shape index (κ2) is 6.69. The maximum Gasteiger partial charge on any atom is 0.317 e. The van der Waals surface area contributed by atoms with Crippen LogP contribution in [0.15, 0.2) is 6.33 Å². The number of hydrogen-bond donors (Lipinski definition) is 1. The van der Waals surface area contributed by atoms with Gasteiger partial charge >= 0.3 is 6.03 Å². The molecule has 1 fully saturated rings. The number of carbonyl (C=O) groups excluding carboxylic acids is 1. The Bertz CT molecular complexity index is 436. The highest BCUT2D eigenvalue weighted by Crippen LogP contribution is 2.06. The standard InChI is InChI=1S/C13H24N6O/c1-4-17-10-15-16-12(17)9-14-13(20)19-7-5-18(6-8-19)11(2)3/h10-11H,4-9H2,1-3H3,(H,14,20). The molecule has 2 amide bonds. The van der Waals surface area contributed by atoms with Gasteiger partial charge in [-0.15, -0.1) is 10.2 Å². The fraction of sp³-hybridized carbons (Fsp3) is 0.769. The van der Waals surface area contributed by atoms with E-state index in [0.29, 0.717) is 12.6 Å². The van der Waals surface area contributed by atoms with E-state index >= 15 is 0 Å². The van der Waals surface area contributed by atoms with Gasteiger partial charge < -0.3 is 14.8 Å². The first-order valence-electron chi connectivity index (χ1n) is 7.25. The van der Waals surface area contributed by atoms with Crippen molar-refractivity contribution in [1.82, 2.24) is 29.9 Å². The average molecular weight is 280 g/mol. The van der Waals surface area contributed by atoms with Crippen LogP contribution >= 0.6 is 0 Å². The first-order valence-corrected chi connectivity index (χ1v) is 7.25. The van der Waals surface area contributed by atoms with E-state index in [4.69, 9.17) is 0 Å². The summed E-state index contributed by atoms with van der Waals surface area (Å²) in [5.74, 6) is 0.793. The second-order valence-electron chi connectivity index (χ2n) is 5.31. The first-order chi connectivity index (χ1) is 9.61. The Balaban J connectivity index is 1.79. The summed E-state index contributed by atoms with van der Waals surface area (Å²) in [4.78, 5) is 16.4. The molecule has 0 radical (unpaired) electrons. The van der Waals surface area contributed by atoms with Gasteiger partial charge in [-0.05, 0) is 20.8 Å². The summed E-state index contributed by atoms with van der Waals surface area (Å²) in [7, 11) is 0. The predicted molar refractivity (Wildman–Crippen MR) is 76.2 cm³/mol. The second-order valence-corrected chi connectivity index (χ2v) is 5.31. The van der Waals surface area contributed by atoms with Crippen molar-refractivity contribution in [3.8, 4) is 0 Å². The molecule has 1 saturated heterocycles. The molecule has 7 nitrogen and oxygen atoms in total. The molecule has 1 aliphatic heterocycles. The van der Waals surface area contributed by atoms with E-state index in [-0.39, 0.29) is 6.03 Å². The highest BCUT2D eigenvalue weighted by atomic mass is 16.2. The Hall–Kier alpha value is -1.63. The van der Waals surface area contributed by atoms with Gasteiger partial charge in [-0.2, -0.15) is 0 Å². The first kappa shape index (κ1) is 14.8. The van der Waals surface area contributed by atoms with E-state index in [0.717, 1.165) is 38.5 Å². The number of urea groups is 1. The molecule has 1 aliphatic rings. The van der Waals surface area contributed by atoms with E-state index in [1.807, 2.05) is 16.4 Å². The summed E-state index contributed by atoms with van der Waals surface area (Å²) >= 11 is 0. The van der Waals surface area contributed by atoms with Crippen LogP contribution in [0.4, 0.5) is 4.79 Å². The number of rotatable bonds is 4. The molecule has 2 heterocycles. The number of nitrogens with one attached hydrogen (secondary N) is 1. The molecule has 0 aromatic carbocycles. The minimum absolute atomic E-state index is 0.0148. The monoisotopic (exact) mass is 280 g/mol. The molecule has 0 unspecified atom stereocenters. The van der Waals surface area contributed by atoms with E-state index in [9.17, 15) is 4.79 Å². The van der Waals surface area contributed by atoms with Crippen LogP contribution in [-0.2, 0) is 13.1 Å². The highest BCUT2D eigenvalue weighted by molar-refractivity contribution is 5.74. The third kappa shape index (κ3) is 3.47. The van der Waals surface area contributed by atoms with Crippen molar-refractivity contribution in [3.05, 3.63) is 12.2 Å². The Morgan fingerprint density at radius 2 is 2.05 bits per heavy atom. The number of aromatic nitrogens is 3. The molecule has 112 valence electrons.